The van der Waals surface area contributed by atoms with Crippen molar-refractivity contribution in [3.63, 3.8) is 0 Å². The summed E-state index contributed by atoms with van der Waals surface area (Å²) in [5.41, 5.74) is 1.70. The normalized spacial score (nSPS) is 11.7. The Morgan fingerprint density at radius 2 is 1.63 bits per heavy atom. The van der Waals surface area contributed by atoms with Gasteiger partial charge in [0.15, 0.2) is 0 Å². The average molecular weight is 332 g/mol. The van der Waals surface area contributed by atoms with Crippen LogP contribution in [0.5, 0.6) is 0 Å². The fraction of sp³-hybridized carbons (Fsp3) is 0. The quantitative estimate of drug-likeness (QED) is 0.376. The molecule has 0 atom stereocenters. The Morgan fingerprint density at radius 3 is 2.47 bits per heavy atom. The summed E-state index contributed by atoms with van der Waals surface area (Å²) >= 11 is 9.94. The number of hydrogen-bond donors (Lipinski definition) is 0. The third kappa shape index (κ3) is 1.54. The summed E-state index contributed by atoms with van der Waals surface area (Å²) in [6.45, 7) is 0. The molecule has 0 radical (unpaired) electrons. The predicted molar refractivity (Wildman–Crippen MR) is 83.9 cm³/mol. The zero-order valence-electron chi connectivity index (χ0n) is 9.78. The number of benzene rings is 3. The Hall–Kier alpha value is -1.51. The highest BCUT2D eigenvalue weighted by atomic mass is 79.9. The highest BCUT2D eigenvalue weighted by molar-refractivity contribution is 9.10. The first-order valence-corrected chi connectivity index (χ1v) is 7.11. The van der Waals surface area contributed by atoms with Crippen LogP contribution < -0.4 is 0 Å². The van der Waals surface area contributed by atoms with Crippen molar-refractivity contribution in [2.75, 3.05) is 0 Å². The molecule has 0 spiro atoms. The molecule has 0 amide bonds. The van der Waals surface area contributed by atoms with Gasteiger partial charge >= 0.3 is 0 Å². The molecule has 1 aromatic heterocycles. The van der Waals surface area contributed by atoms with Gasteiger partial charge in [0.1, 0.15) is 11.2 Å². The minimum Gasteiger partial charge on any atom is -0.456 e. The molecule has 0 aliphatic carbocycles. The second kappa shape index (κ2) is 3.99. The largest absolute Gasteiger partial charge is 0.456 e. The van der Waals surface area contributed by atoms with Crippen molar-refractivity contribution in [2.45, 2.75) is 0 Å². The van der Waals surface area contributed by atoms with E-state index in [9.17, 15) is 0 Å². The van der Waals surface area contributed by atoms with E-state index < -0.39 is 0 Å². The summed E-state index contributed by atoms with van der Waals surface area (Å²) in [4.78, 5) is 0. The molecule has 0 N–H and O–H groups in total. The molecule has 0 unspecified atom stereocenters. The first-order chi connectivity index (χ1) is 9.25. The molecule has 0 aliphatic rings. The lowest BCUT2D eigenvalue weighted by atomic mass is 10.0. The smallest absolute Gasteiger partial charge is 0.137 e. The van der Waals surface area contributed by atoms with Crippen molar-refractivity contribution in [2.24, 2.45) is 0 Å². The molecular formula is C16H8BrClO. The standard InChI is InChI=1S/C16H8BrClO/c17-11-6-3-7-13-16(11)15-10-5-2-1-4-9(10)12(18)8-14(15)19-13/h1-8H. The minimum absolute atomic E-state index is 0.721. The van der Waals surface area contributed by atoms with Crippen LogP contribution >= 0.6 is 27.5 Å². The van der Waals surface area contributed by atoms with Crippen LogP contribution in [0.3, 0.4) is 0 Å². The van der Waals surface area contributed by atoms with Gasteiger partial charge in [-0.3, -0.25) is 0 Å². The van der Waals surface area contributed by atoms with Gasteiger partial charge in [-0.05, 0) is 17.5 Å². The maximum atomic E-state index is 6.33. The van der Waals surface area contributed by atoms with Gasteiger partial charge in [0.25, 0.3) is 0 Å². The lowest BCUT2D eigenvalue weighted by Crippen LogP contribution is -1.76. The van der Waals surface area contributed by atoms with E-state index in [1.165, 1.54) is 0 Å². The van der Waals surface area contributed by atoms with Crippen LogP contribution in [0.2, 0.25) is 5.02 Å². The third-order valence-electron chi connectivity index (χ3n) is 3.40. The van der Waals surface area contributed by atoms with Crippen molar-refractivity contribution in [1.82, 2.24) is 0 Å². The van der Waals surface area contributed by atoms with Crippen LogP contribution in [0, 0.1) is 0 Å². The predicted octanol–water partition coefficient (Wildman–Crippen LogP) is 6.16. The molecular weight excluding hydrogens is 324 g/mol. The van der Waals surface area contributed by atoms with Crippen molar-refractivity contribution in [3.05, 3.63) is 58.0 Å². The van der Waals surface area contributed by atoms with Gasteiger partial charge < -0.3 is 4.42 Å². The Morgan fingerprint density at radius 1 is 0.842 bits per heavy atom. The highest BCUT2D eigenvalue weighted by Gasteiger charge is 2.14. The number of fused-ring (bicyclic) bond motifs is 5. The number of hydrogen-bond acceptors (Lipinski definition) is 1. The summed E-state index contributed by atoms with van der Waals surface area (Å²) in [5.74, 6) is 0. The Labute approximate surface area is 122 Å². The number of furan rings is 1. The van der Waals surface area contributed by atoms with Crippen molar-refractivity contribution >= 4 is 60.2 Å². The molecule has 0 saturated carbocycles. The summed E-state index contributed by atoms with van der Waals surface area (Å²) in [7, 11) is 0. The van der Waals surface area contributed by atoms with Gasteiger partial charge in [0, 0.05) is 26.7 Å². The minimum atomic E-state index is 0.721. The van der Waals surface area contributed by atoms with E-state index in [2.05, 4.69) is 22.0 Å². The molecule has 19 heavy (non-hydrogen) atoms. The summed E-state index contributed by atoms with van der Waals surface area (Å²) in [6, 6.07) is 16.0. The van der Waals surface area contributed by atoms with E-state index in [0.717, 1.165) is 42.2 Å². The van der Waals surface area contributed by atoms with E-state index >= 15 is 0 Å². The number of halogens is 2. The van der Waals surface area contributed by atoms with Crippen LogP contribution in [0.4, 0.5) is 0 Å². The van der Waals surface area contributed by atoms with Gasteiger partial charge in [0.05, 0.1) is 5.02 Å². The summed E-state index contributed by atoms with van der Waals surface area (Å²) in [5, 5.41) is 5.11. The van der Waals surface area contributed by atoms with Gasteiger partial charge in [-0.25, -0.2) is 0 Å². The first-order valence-electron chi connectivity index (χ1n) is 5.93. The first kappa shape index (κ1) is 11.3. The van der Waals surface area contributed by atoms with Gasteiger partial charge in [-0.15, -0.1) is 0 Å². The van der Waals surface area contributed by atoms with Gasteiger partial charge in [0.2, 0.25) is 0 Å². The maximum absolute atomic E-state index is 6.33. The van der Waals surface area contributed by atoms with Crippen molar-refractivity contribution in [1.29, 1.82) is 0 Å². The molecule has 1 nitrogen and oxygen atoms in total. The molecule has 0 aliphatic heterocycles. The maximum Gasteiger partial charge on any atom is 0.137 e. The molecule has 1 heterocycles. The SMILES string of the molecule is Clc1cc2oc3cccc(Br)c3c2c2ccccc12. The van der Waals surface area contributed by atoms with Crippen LogP contribution in [-0.2, 0) is 0 Å². The molecule has 0 fully saturated rings. The summed E-state index contributed by atoms with van der Waals surface area (Å²) in [6.07, 6.45) is 0. The fourth-order valence-electron chi connectivity index (χ4n) is 2.60. The van der Waals surface area contributed by atoms with Gasteiger partial charge in [-0.1, -0.05) is 57.9 Å². The van der Waals surface area contributed by atoms with E-state index in [4.69, 9.17) is 16.0 Å². The van der Waals surface area contributed by atoms with E-state index in [1.54, 1.807) is 0 Å². The van der Waals surface area contributed by atoms with Crippen LogP contribution in [0.15, 0.2) is 57.4 Å². The molecule has 3 heteroatoms. The van der Waals surface area contributed by atoms with Crippen LogP contribution in [0.25, 0.3) is 32.7 Å². The van der Waals surface area contributed by atoms with E-state index in [-0.39, 0.29) is 0 Å². The second-order valence-electron chi connectivity index (χ2n) is 4.49. The van der Waals surface area contributed by atoms with Crippen molar-refractivity contribution in [3.8, 4) is 0 Å². The summed E-state index contributed by atoms with van der Waals surface area (Å²) < 4.78 is 6.95. The topological polar surface area (TPSA) is 13.1 Å². The third-order valence-corrected chi connectivity index (χ3v) is 4.38. The zero-order chi connectivity index (χ0) is 13.0. The van der Waals surface area contributed by atoms with Crippen LogP contribution in [-0.4, -0.2) is 0 Å². The van der Waals surface area contributed by atoms with Gasteiger partial charge in [-0.2, -0.15) is 0 Å². The average Bonchev–Trinajstić information content (AvgIpc) is 2.78. The lowest BCUT2D eigenvalue weighted by molar-refractivity contribution is 0.669. The Balaban J connectivity index is 2.40. The molecule has 0 bridgehead atoms. The zero-order valence-corrected chi connectivity index (χ0v) is 12.1. The highest BCUT2D eigenvalue weighted by Crippen LogP contribution is 2.40. The molecule has 4 rings (SSSR count). The lowest BCUT2D eigenvalue weighted by Gasteiger charge is -2.02. The van der Waals surface area contributed by atoms with Crippen molar-refractivity contribution < 1.29 is 4.42 Å². The second-order valence-corrected chi connectivity index (χ2v) is 5.75. The number of rotatable bonds is 0. The molecule has 0 saturated heterocycles. The Kier molecular flexibility index (Phi) is 2.38. The fourth-order valence-corrected chi connectivity index (χ4v) is 3.41. The van der Waals surface area contributed by atoms with Crippen LogP contribution in [0.1, 0.15) is 0 Å². The molecule has 4 aromatic rings. The Bertz CT molecular complexity index is 940. The monoisotopic (exact) mass is 330 g/mol. The molecule has 3 aromatic carbocycles. The van der Waals surface area contributed by atoms with E-state index in [1.807, 2.05) is 42.5 Å². The van der Waals surface area contributed by atoms with E-state index in [0.29, 0.717) is 0 Å². The molecule has 92 valence electrons.